The molecule has 26 heavy (non-hydrogen) atoms. The zero-order valence-electron chi connectivity index (χ0n) is 15.4. The van der Waals surface area contributed by atoms with Crippen molar-refractivity contribution in [3.05, 3.63) is 42.5 Å². The average molecular weight is 352 g/mol. The predicted octanol–water partition coefficient (Wildman–Crippen LogP) is 3.20. The van der Waals surface area contributed by atoms with Crippen LogP contribution in [0.1, 0.15) is 20.8 Å². The first-order valence-corrected chi connectivity index (χ1v) is 9.04. The Kier molecular flexibility index (Phi) is 4.05. The van der Waals surface area contributed by atoms with Gasteiger partial charge in [0.1, 0.15) is 5.60 Å². The van der Waals surface area contributed by atoms with Crippen LogP contribution in [0.15, 0.2) is 42.5 Å². The van der Waals surface area contributed by atoms with E-state index in [9.17, 15) is 4.79 Å². The van der Waals surface area contributed by atoms with Crippen LogP contribution in [0.2, 0.25) is 0 Å². The van der Waals surface area contributed by atoms with Gasteiger partial charge in [-0.25, -0.2) is 4.79 Å². The lowest BCUT2D eigenvalue weighted by atomic mass is 9.93. The Morgan fingerprint density at radius 1 is 1.04 bits per heavy atom. The molecule has 2 aromatic rings. The number of anilines is 1. The smallest absolute Gasteiger partial charge is 0.410 e. The number of aromatic nitrogens is 2. The van der Waals surface area contributed by atoms with Gasteiger partial charge >= 0.3 is 6.09 Å². The van der Waals surface area contributed by atoms with Crippen molar-refractivity contribution in [2.45, 2.75) is 32.4 Å². The number of carbonyl (C=O) groups is 1. The molecule has 0 bridgehead atoms. The Labute approximate surface area is 153 Å². The van der Waals surface area contributed by atoms with Crippen LogP contribution in [0.5, 0.6) is 0 Å². The fourth-order valence-corrected chi connectivity index (χ4v) is 3.61. The van der Waals surface area contributed by atoms with Gasteiger partial charge in [-0.05, 0) is 32.9 Å². The number of nitrogens with zero attached hydrogens (tertiary/aromatic N) is 4. The van der Waals surface area contributed by atoms with Crippen molar-refractivity contribution >= 4 is 11.9 Å². The zero-order chi connectivity index (χ0) is 18.3. The molecule has 0 spiro atoms. The molecule has 1 aromatic carbocycles. The third-order valence-corrected chi connectivity index (χ3v) is 4.91. The summed E-state index contributed by atoms with van der Waals surface area (Å²) < 4.78 is 5.50. The third-order valence-electron chi connectivity index (χ3n) is 4.91. The van der Waals surface area contributed by atoms with Crippen LogP contribution in [0.25, 0.3) is 11.3 Å². The minimum absolute atomic E-state index is 0.209. The molecule has 0 saturated carbocycles. The van der Waals surface area contributed by atoms with Gasteiger partial charge in [0.2, 0.25) is 0 Å². The summed E-state index contributed by atoms with van der Waals surface area (Å²) in [7, 11) is 0. The van der Waals surface area contributed by atoms with Gasteiger partial charge < -0.3 is 14.5 Å². The molecular formula is C20H24N4O2. The fourth-order valence-electron chi connectivity index (χ4n) is 3.61. The molecule has 2 aliphatic heterocycles. The lowest BCUT2D eigenvalue weighted by Crippen LogP contribution is -2.59. The summed E-state index contributed by atoms with van der Waals surface area (Å²) in [5.41, 5.74) is 1.47. The molecule has 4 rings (SSSR count). The standard InChI is InChI=1S/C20H24N4O2/c1-20(2,3)26-19(25)24-12-15-11-23(13-17(15)24)18-10-9-16(21-22-18)14-7-5-4-6-8-14/h4-10,15,17H,11-13H2,1-3H3/t15-,17-/m0/s1. The van der Waals surface area contributed by atoms with Crippen molar-refractivity contribution in [3.63, 3.8) is 0 Å². The highest BCUT2D eigenvalue weighted by Gasteiger charge is 2.49. The van der Waals surface area contributed by atoms with Crippen LogP contribution in [0.3, 0.4) is 0 Å². The van der Waals surface area contributed by atoms with Crippen molar-refractivity contribution in [1.82, 2.24) is 15.1 Å². The molecule has 0 N–H and O–H groups in total. The van der Waals surface area contributed by atoms with E-state index >= 15 is 0 Å². The van der Waals surface area contributed by atoms with Gasteiger partial charge in [-0.15, -0.1) is 10.2 Å². The minimum Gasteiger partial charge on any atom is -0.444 e. The number of carbonyl (C=O) groups excluding carboxylic acids is 1. The molecule has 136 valence electrons. The number of hydrogen-bond donors (Lipinski definition) is 0. The summed E-state index contributed by atoms with van der Waals surface area (Å²) in [6.45, 7) is 8.13. The van der Waals surface area contributed by atoms with E-state index in [1.165, 1.54) is 0 Å². The Hall–Kier alpha value is -2.63. The maximum absolute atomic E-state index is 12.3. The van der Waals surface area contributed by atoms with E-state index in [1.807, 2.05) is 68.1 Å². The Bertz CT molecular complexity index is 786. The van der Waals surface area contributed by atoms with E-state index in [1.54, 1.807) is 0 Å². The average Bonchev–Trinajstić information content (AvgIpc) is 2.91. The zero-order valence-corrected chi connectivity index (χ0v) is 15.4. The highest BCUT2D eigenvalue weighted by Crippen LogP contribution is 2.35. The molecule has 1 aromatic heterocycles. The lowest BCUT2D eigenvalue weighted by Gasteiger charge is -2.43. The van der Waals surface area contributed by atoms with E-state index in [-0.39, 0.29) is 12.1 Å². The maximum atomic E-state index is 12.3. The van der Waals surface area contributed by atoms with E-state index in [2.05, 4.69) is 15.1 Å². The SMILES string of the molecule is CC(C)(C)OC(=O)N1C[C@@H]2CN(c3ccc(-c4ccccc4)nn3)C[C@@H]21. The van der Waals surface area contributed by atoms with Crippen LogP contribution >= 0.6 is 0 Å². The molecule has 6 heteroatoms. The first kappa shape index (κ1) is 16.8. The van der Waals surface area contributed by atoms with Gasteiger partial charge in [-0.3, -0.25) is 0 Å². The molecule has 3 heterocycles. The molecule has 2 saturated heterocycles. The van der Waals surface area contributed by atoms with E-state index in [4.69, 9.17) is 4.74 Å². The van der Waals surface area contributed by atoms with Crippen molar-refractivity contribution in [1.29, 1.82) is 0 Å². The lowest BCUT2D eigenvalue weighted by molar-refractivity contribution is -0.0163. The van der Waals surface area contributed by atoms with Crippen LogP contribution in [0.4, 0.5) is 10.6 Å². The summed E-state index contributed by atoms with van der Waals surface area (Å²) >= 11 is 0. The highest BCUT2D eigenvalue weighted by atomic mass is 16.6. The number of likely N-dealkylation sites (tertiary alicyclic amines) is 1. The topological polar surface area (TPSA) is 58.6 Å². The van der Waals surface area contributed by atoms with Crippen molar-refractivity contribution in [3.8, 4) is 11.3 Å². The quantitative estimate of drug-likeness (QED) is 0.831. The Morgan fingerprint density at radius 3 is 2.46 bits per heavy atom. The van der Waals surface area contributed by atoms with Gasteiger partial charge in [0.25, 0.3) is 0 Å². The summed E-state index contributed by atoms with van der Waals surface area (Å²) in [4.78, 5) is 16.3. The monoisotopic (exact) mass is 352 g/mol. The number of hydrogen-bond acceptors (Lipinski definition) is 5. The predicted molar refractivity (Wildman–Crippen MR) is 99.9 cm³/mol. The molecule has 2 fully saturated rings. The van der Waals surface area contributed by atoms with E-state index < -0.39 is 5.60 Å². The number of fused-ring (bicyclic) bond motifs is 1. The van der Waals surface area contributed by atoms with Crippen LogP contribution in [0, 0.1) is 5.92 Å². The summed E-state index contributed by atoms with van der Waals surface area (Å²) in [6, 6.07) is 14.3. The highest BCUT2D eigenvalue weighted by molar-refractivity contribution is 5.70. The second kappa shape index (κ2) is 6.27. The minimum atomic E-state index is -0.459. The Balaban J connectivity index is 1.41. The van der Waals surface area contributed by atoms with E-state index in [0.717, 1.165) is 36.7 Å². The third kappa shape index (κ3) is 3.23. The number of amides is 1. The molecular weight excluding hydrogens is 328 g/mol. The fraction of sp³-hybridized carbons (Fsp3) is 0.450. The number of rotatable bonds is 2. The molecule has 1 amide bonds. The first-order chi connectivity index (χ1) is 12.4. The van der Waals surface area contributed by atoms with Crippen LogP contribution in [-0.4, -0.2) is 52.5 Å². The second-order valence-electron chi connectivity index (χ2n) is 8.01. The maximum Gasteiger partial charge on any atom is 0.410 e. The van der Waals surface area contributed by atoms with Crippen molar-refractivity contribution in [2.24, 2.45) is 5.92 Å². The van der Waals surface area contributed by atoms with Gasteiger partial charge in [-0.1, -0.05) is 30.3 Å². The summed E-state index contributed by atoms with van der Waals surface area (Å²) in [5, 5.41) is 8.77. The van der Waals surface area contributed by atoms with Crippen LogP contribution in [-0.2, 0) is 4.74 Å². The molecule has 6 nitrogen and oxygen atoms in total. The number of ether oxygens (including phenoxy) is 1. The van der Waals surface area contributed by atoms with E-state index in [0.29, 0.717) is 5.92 Å². The van der Waals surface area contributed by atoms with Crippen LogP contribution < -0.4 is 4.90 Å². The number of benzene rings is 1. The summed E-state index contributed by atoms with van der Waals surface area (Å²) in [5.74, 6) is 1.35. The molecule has 2 atom stereocenters. The molecule has 2 aliphatic rings. The van der Waals surface area contributed by atoms with Gasteiger partial charge in [0.05, 0.1) is 11.7 Å². The van der Waals surface area contributed by atoms with Crippen molar-refractivity contribution in [2.75, 3.05) is 24.5 Å². The van der Waals surface area contributed by atoms with Gasteiger partial charge in [0.15, 0.2) is 5.82 Å². The van der Waals surface area contributed by atoms with Gasteiger partial charge in [0, 0.05) is 31.1 Å². The summed E-state index contributed by atoms with van der Waals surface area (Å²) in [6.07, 6.45) is -0.217. The van der Waals surface area contributed by atoms with Crippen molar-refractivity contribution < 1.29 is 9.53 Å². The molecule has 0 radical (unpaired) electrons. The Morgan fingerprint density at radius 2 is 1.81 bits per heavy atom. The normalized spacial score (nSPS) is 22.0. The molecule has 0 unspecified atom stereocenters. The largest absolute Gasteiger partial charge is 0.444 e. The molecule has 0 aliphatic carbocycles. The first-order valence-electron chi connectivity index (χ1n) is 9.04. The van der Waals surface area contributed by atoms with Gasteiger partial charge in [-0.2, -0.15) is 0 Å². The second-order valence-corrected chi connectivity index (χ2v) is 8.01.